The van der Waals surface area contributed by atoms with E-state index in [4.69, 9.17) is 37.9 Å². The van der Waals surface area contributed by atoms with Gasteiger partial charge in [0.25, 0.3) is 5.91 Å². The van der Waals surface area contributed by atoms with Crippen LogP contribution in [-0.4, -0.2) is 39.9 Å². The fourth-order valence-corrected chi connectivity index (χ4v) is 8.35. The minimum absolute atomic E-state index is 0.0927. The second kappa shape index (κ2) is 17.4. The lowest BCUT2D eigenvalue weighted by molar-refractivity contribution is -0.142. The van der Waals surface area contributed by atoms with Crippen LogP contribution in [0, 0.1) is 11.3 Å². The van der Waals surface area contributed by atoms with Gasteiger partial charge in [-0.15, -0.1) is 11.3 Å². The summed E-state index contributed by atoms with van der Waals surface area (Å²) in [5, 5.41) is 28.1. The predicted molar refractivity (Wildman–Crippen MR) is 227 cm³/mol. The first-order chi connectivity index (χ1) is 28.6. The van der Waals surface area contributed by atoms with Crippen LogP contribution in [0.25, 0.3) is 11.1 Å². The number of nitrogens with zero attached hydrogens (tertiary/aromatic N) is 2. The zero-order valence-electron chi connectivity index (χ0n) is 31.4. The van der Waals surface area contributed by atoms with E-state index in [-0.39, 0.29) is 12.3 Å². The molecule has 13 heteroatoms. The van der Waals surface area contributed by atoms with Crippen LogP contribution in [0.4, 0.5) is 5.69 Å². The number of carbonyl (C=O) groups is 3. The molecule has 3 atom stereocenters. The number of benzene rings is 5. The van der Waals surface area contributed by atoms with Crippen molar-refractivity contribution in [3.63, 3.8) is 0 Å². The van der Waals surface area contributed by atoms with Crippen LogP contribution >= 0.6 is 34.5 Å². The van der Waals surface area contributed by atoms with Gasteiger partial charge < -0.3 is 25.2 Å². The molecule has 0 saturated heterocycles. The minimum atomic E-state index is -1.16. The van der Waals surface area contributed by atoms with Crippen molar-refractivity contribution < 1.29 is 29.0 Å². The molecule has 3 N–H and O–H groups in total. The number of hydrogen-bond donors (Lipinski definition) is 3. The molecule has 59 heavy (non-hydrogen) atoms. The lowest BCUT2D eigenvalue weighted by Crippen LogP contribution is -2.54. The van der Waals surface area contributed by atoms with Crippen LogP contribution in [0.1, 0.15) is 44.4 Å². The third-order valence-corrected chi connectivity index (χ3v) is 12.0. The molecule has 6 aromatic rings. The van der Waals surface area contributed by atoms with Crippen molar-refractivity contribution in [2.75, 3.05) is 5.32 Å². The van der Waals surface area contributed by atoms with Gasteiger partial charge in [0.15, 0.2) is 0 Å². The molecule has 2 amide bonds. The maximum atomic E-state index is 14.1. The highest BCUT2D eigenvalue weighted by Crippen LogP contribution is 2.40. The van der Waals surface area contributed by atoms with Crippen molar-refractivity contribution in [3.05, 3.63) is 169 Å². The number of halogens is 2. The van der Waals surface area contributed by atoms with Crippen LogP contribution in [0.2, 0.25) is 10.0 Å². The number of fused-ring (bicyclic) bond motifs is 2. The number of ether oxygens (including phenoxy) is 2. The molecule has 10 nitrogen and oxygen atoms in total. The van der Waals surface area contributed by atoms with E-state index in [1.165, 1.54) is 0 Å². The second-order valence-corrected chi connectivity index (χ2v) is 16.3. The molecule has 1 aromatic heterocycles. The van der Waals surface area contributed by atoms with Gasteiger partial charge in [0.2, 0.25) is 12.0 Å². The van der Waals surface area contributed by atoms with E-state index >= 15 is 0 Å². The van der Waals surface area contributed by atoms with Crippen molar-refractivity contribution in [2.24, 2.45) is 0 Å². The first kappa shape index (κ1) is 39.7. The summed E-state index contributed by atoms with van der Waals surface area (Å²) in [6, 6.07) is 35.2. The van der Waals surface area contributed by atoms with E-state index in [1.807, 2.05) is 72.1 Å². The Morgan fingerprint density at radius 3 is 2.34 bits per heavy atom. The molecule has 2 aliphatic rings. The maximum absolute atomic E-state index is 14.1. The Morgan fingerprint density at radius 2 is 1.66 bits per heavy atom. The normalized spacial score (nSPS) is 16.4. The van der Waals surface area contributed by atoms with Crippen molar-refractivity contribution in [1.82, 2.24) is 10.2 Å². The molecule has 1 unspecified atom stereocenters. The second-order valence-electron chi connectivity index (χ2n) is 14.4. The highest BCUT2D eigenvalue weighted by atomic mass is 35.5. The van der Waals surface area contributed by atoms with E-state index in [9.17, 15) is 19.5 Å². The number of carboxylic acid groups (broad SMARTS) is 1. The molecule has 3 heterocycles. The summed E-state index contributed by atoms with van der Waals surface area (Å²) in [5.41, 5.74) is 7.01. The number of carbonyl (C=O) groups excluding carboxylic acids is 2. The summed E-state index contributed by atoms with van der Waals surface area (Å²) in [6.45, 7) is 1.18. The average Bonchev–Trinajstić information content (AvgIpc) is 3.76. The molecule has 0 bridgehead atoms. The largest absolute Gasteiger partial charge is 0.489 e. The van der Waals surface area contributed by atoms with Gasteiger partial charge in [-0.05, 0) is 99.8 Å². The molecule has 296 valence electrons. The van der Waals surface area contributed by atoms with E-state index < -0.39 is 30.1 Å². The molecule has 0 radical (unpaired) electrons. The summed E-state index contributed by atoms with van der Waals surface area (Å²) in [5.74, 6) is -0.732. The van der Waals surface area contributed by atoms with Gasteiger partial charge in [-0.3, -0.25) is 14.5 Å². The molecule has 0 spiro atoms. The van der Waals surface area contributed by atoms with E-state index in [2.05, 4.69) is 21.6 Å². The number of amides is 2. The number of hydrogen-bond acceptors (Lipinski definition) is 8. The van der Waals surface area contributed by atoms with Crippen LogP contribution in [0.15, 0.2) is 121 Å². The molecular weight excluding hydrogens is 808 g/mol. The van der Waals surface area contributed by atoms with Crippen molar-refractivity contribution >= 4 is 58.0 Å². The van der Waals surface area contributed by atoms with Gasteiger partial charge in [0.05, 0.1) is 33.4 Å². The van der Waals surface area contributed by atoms with Crippen LogP contribution in [0.5, 0.6) is 11.5 Å². The molecule has 8 rings (SSSR count). The van der Waals surface area contributed by atoms with E-state index in [0.29, 0.717) is 64.5 Å². The van der Waals surface area contributed by atoms with Crippen LogP contribution < -0.4 is 20.1 Å². The number of rotatable bonds is 12. The Balaban J connectivity index is 0.962. The van der Waals surface area contributed by atoms with Crippen molar-refractivity contribution in [2.45, 2.75) is 50.7 Å². The fourth-order valence-electron chi connectivity index (χ4n) is 7.30. The summed E-state index contributed by atoms with van der Waals surface area (Å²) in [6.07, 6.45) is -0.502. The summed E-state index contributed by atoms with van der Waals surface area (Å²) < 4.78 is 12.2. The Labute approximate surface area is 354 Å². The van der Waals surface area contributed by atoms with E-state index in [0.717, 1.165) is 38.3 Å². The highest BCUT2D eigenvalue weighted by molar-refractivity contribution is 7.09. The monoisotopic (exact) mass is 842 g/mol. The molecule has 2 aliphatic heterocycles. The number of thiophene rings is 1. The Hall–Kier alpha value is -6.16. The first-order valence-corrected chi connectivity index (χ1v) is 20.4. The van der Waals surface area contributed by atoms with Gasteiger partial charge >= 0.3 is 5.97 Å². The van der Waals surface area contributed by atoms with Crippen molar-refractivity contribution in [1.29, 1.82) is 5.26 Å². The van der Waals surface area contributed by atoms with Crippen LogP contribution in [0.3, 0.4) is 0 Å². The lowest BCUT2D eigenvalue weighted by atomic mass is 9.91. The minimum Gasteiger partial charge on any atom is -0.489 e. The number of nitriles is 1. The quantitative estimate of drug-likeness (QED) is 0.111. The number of aliphatic carboxylic acids is 1. The smallest absolute Gasteiger partial charge is 0.326 e. The number of anilines is 1. The summed E-state index contributed by atoms with van der Waals surface area (Å²) in [7, 11) is 0. The van der Waals surface area contributed by atoms with Gasteiger partial charge in [-0.25, -0.2) is 4.79 Å². The maximum Gasteiger partial charge on any atom is 0.326 e. The Bertz CT molecular complexity index is 2560. The fraction of sp³-hybridized carbons (Fsp3) is 0.174. The highest BCUT2D eigenvalue weighted by Gasteiger charge is 2.37. The van der Waals surface area contributed by atoms with Gasteiger partial charge in [0, 0.05) is 30.0 Å². The third kappa shape index (κ3) is 9.12. The van der Waals surface area contributed by atoms with E-state index in [1.54, 1.807) is 59.9 Å². The van der Waals surface area contributed by atoms with Gasteiger partial charge in [-0.2, -0.15) is 5.26 Å². The third-order valence-electron chi connectivity index (χ3n) is 10.4. The predicted octanol–water partition coefficient (Wildman–Crippen LogP) is 8.98. The summed E-state index contributed by atoms with van der Waals surface area (Å²) in [4.78, 5) is 43.1. The van der Waals surface area contributed by atoms with Gasteiger partial charge in [-0.1, -0.05) is 83.9 Å². The Kier molecular flexibility index (Phi) is 11.7. The van der Waals surface area contributed by atoms with Crippen molar-refractivity contribution in [3.8, 4) is 28.7 Å². The van der Waals surface area contributed by atoms with Gasteiger partial charge in [0.1, 0.15) is 24.1 Å². The molecular formula is C46H36Cl2N4O6S. The zero-order chi connectivity index (χ0) is 41.0. The number of nitrogens with one attached hydrogen (secondary N) is 2. The SMILES string of the molecule is N#Cc1ccc(-c2ccc(CC(NC(=O)[C@@H]3Cc4cc5c(cc4CN3Cc3cccs3)O[C@@H](c3ccc(OCc4ccc(Cl)c(Cl)c4)cc3)C(=O)N5)C(=O)O)cc2)cc1. The molecule has 0 fully saturated rings. The van der Waals surface area contributed by atoms with Crippen LogP contribution in [-0.2, 0) is 46.9 Å². The molecule has 0 aliphatic carbocycles. The summed E-state index contributed by atoms with van der Waals surface area (Å²) >= 11 is 13.7. The lowest BCUT2D eigenvalue weighted by Gasteiger charge is -2.37. The zero-order valence-corrected chi connectivity index (χ0v) is 33.7. The standard InChI is InChI=1S/C46H36Cl2N4O6S/c47-37-16-7-29(18-38(37)48)26-57-35-14-12-32(13-15-35)43-45(54)50-39-20-33-21-41(52(25-36-2-1-17-59-36)24-34(33)22-42(39)58-43)44(53)51-40(46(55)56)19-27-3-8-30(9-4-27)31-10-5-28(23-49)6-11-31/h1-18,20,22,40-41,43H,19,21,24-26H2,(H,50,54)(H,51,53)(H,55,56)/t40?,41-,43-/m0/s1. The Morgan fingerprint density at radius 1 is 0.932 bits per heavy atom. The molecule has 5 aromatic carbocycles. The average molecular weight is 844 g/mol. The number of carboxylic acids is 1. The topological polar surface area (TPSA) is 141 Å². The first-order valence-electron chi connectivity index (χ1n) is 18.8. The molecule has 0 saturated carbocycles.